The van der Waals surface area contributed by atoms with Crippen molar-refractivity contribution >= 4 is 46.6 Å². The van der Waals surface area contributed by atoms with Gasteiger partial charge in [0.15, 0.2) is 0 Å². The zero-order chi connectivity index (χ0) is 18.7. The number of hydrogen-bond donors (Lipinski definition) is 2. The Kier molecular flexibility index (Phi) is 5.44. The summed E-state index contributed by atoms with van der Waals surface area (Å²) in [7, 11) is 0. The molecule has 2 aromatic rings. The molecule has 0 aliphatic carbocycles. The highest BCUT2D eigenvalue weighted by atomic mass is 35.5. The van der Waals surface area contributed by atoms with E-state index in [0.29, 0.717) is 34.3 Å². The van der Waals surface area contributed by atoms with E-state index in [4.69, 9.17) is 23.2 Å². The standard InChI is InChI=1S/C18H15Cl2N3O3/c19-12-4-1-3-11(9-12)17(25)21-22-18(26)14-7-6-13(20)10-15(14)23-8-2-5-16(23)24/h1,3-4,6-7,9-10H,2,5,8H2,(H,21,25)(H,22,26). The van der Waals surface area contributed by atoms with Crippen molar-refractivity contribution in [2.45, 2.75) is 12.8 Å². The molecule has 0 unspecified atom stereocenters. The molecule has 0 saturated carbocycles. The zero-order valence-electron chi connectivity index (χ0n) is 13.6. The highest BCUT2D eigenvalue weighted by Gasteiger charge is 2.26. The number of carbonyl (C=O) groups is 3. The van der Waals surface area contributed by atoms with Crippen molar-refractivity contribution in [3.05, 3.63) is 63.6 Å². The molecular weight excluding hydrogens is 377 g/mol. The Labute approximate surface area is 160 Å². The van der Waals surface area contributed by atoms with Crippen LogP contribution in [0.5, 0.6) is 0 Å². The van der Waals surface area contributed by atoms with Gasteiger partial charge in [0.25, 0.3) is 11.8 Å². The molecule has 0 spiro atoms. The Hall–Kier alpha value is -2.57. The van der Waals surface area contributed by atoms with Gasteiger partial charge in [0.1, 0.15) is 0 Å². The number of amides is 3. The zero-order valence-corrected chi connectivity index (χ0v) is 15.1. The lowest BCUT2D eigenvalue weighted by Crippen LogP contribution is -2.42. The van der Waals surface area contributed by atoms with E-state index in [1.165, 1.54) is 17.0 Å². The van der Waals surface area contributed by atoms with Gasteiger partial charge in [-0.15, -0.1) is 0 Å². The van der Waals surface area contributed by atoms with Crippen LogP contribution in [0.25, 0.3) is 0 Å². The molecule has 0 bridgehead atoms. The van der Waals surface area contributed by atoms with Crippen molar-refractivity contribution in [3.8, 4) is 0 Å². The number of nitrogens with one attached hydrogen (secondary N) is 2. The van der Waals surface area contributed by atoms with E-state index < -0.39 is 11.8 Å². The largest absolute Gasteiger partial charge is 0.312 e. The van der Waals surface area contributed by atoms with Crippen LogP contribution in [0.2, 0.25) is 10.0 Å². The molecule has 134 valence electrons. The molecule has 3 rings (SSSR count). The lowest BCUT2D eigenvalue weighted by molar-refractivity contribution is -0.117. The van der Waals surface area contributed by atoms with Crippen LogP contribution in [0.4, 0.5) is 5.69 Å². The maximum atomic E-state index is 12.5. The first-order valence-corrected chi connectivity index (χ1v) is 8.67. The van der Waals surface area contributed by atoms with Crippen LogP contribution in [0, 0.1) is 0 Å². The third kappa shape index (κ3) is 3.98. The van der Waals surface area contributed by atoms with Crippen LogP contribution in [0.15, 0.2) is 42.5 Å². The van der Waals surface area contributed by atoms with Gasteiger partial charge in [0.2, 0.25) is 5.91 Å². The monoisotopic (exact) mass is 391 g/mol. The van der Waals surface area contributed by atoms with Crippen LogP contribution in [0.3, 0.4) is 0 Å². The maximum Gasteiger partial charge on any atom is 0.271 e. The lowest BCUT2D eigenvalue weighted by Gasteiger charge is -2.20. The van der Waals surface area contributed by atoms with Crippen LogP contribution < -0.4 is 15.8 Å². The van der Waals surface area contributed by atoms with E-state index in [-0.39, 0.29) is 11.5 Å². The Morgan fingerprint density at radius 2 is 1.69 bits per heavy atom. The fourth-order valence-corrected chi connectivity index (χ4v) is 3.06. The number of nitrogens with zero attached hydrogens (tertiary/aromatic N) is 1. The van der Waals surface area contributed by atoms with Crippen LogP contribution >= 0.6 is 23.2 Å². The molecule has 1 fully saturated rings. The molecule has 1 aliphatic rings. The highest BCUT2D eigenvalue weighted by Crippen LogP contribution is 2.28. The Balaban J connectivity index is 1.76. The van der Waals surface area contributed by atoms with Gasteiger partial charge in [-0.1, -0.05) is 29.3 Å². The Morgan fingerprint density at radius 3 is 2.38 bits per heavy atom. The number of rotatable bonds is 3. The first-order chi connectivity index (χ1) is 12.5. The average molecular weight is 392 g/mol. The van der Waals surface area contributed by atoms with Gasteiger partial charge >= 0.3 is 0 Å². The summed E-state index contributed by atoms with van der Waals surface area (Å²) in [6.07, 6.45) is 1.15. The van der Waals surface area contributed by atoms with E-state index >= 15 is 0 Å². The second-order valence-corrected chi connectivity index (χ2v) is 6.60. The number of halogens is 2. The van der Waals surface area contributed by atoms with E-state index in [1.807, 2.05) is 0 Å². The lowest BCUT2D eigenvalue weighted by atomic mass is 10.1. The molecule has 0 aromatic heterocycles. The van der Waals surface area contributed by atoms with Gasteiger partial charge in [-0.2, -0.15) is 0 Å². The molecule has 8 heteroatoms. The van der Waals surface area contributed by atoms with Crippen molar-refractivity contribution in [2.24, 2.45) is 0 Å². The molecule has 6 nitrogen and oxygen atoms in total. The van der Waals surface area contributed by atoms with Gasteiger partial charge in [-0.25, -0.2) is 0 Å². The fourth-order valence-electron chi connectivity index (χ4n) is 2.71. The molecular formula is C18H15Cl2N3O3. The average Bonchev–Trinajstić information content (AvgIpc) is 3.05. The van der Waals surface area contributed by atoms with E-state index in [1.54, 1.807) is 30.3 Å². The molecule has 0 atom stereocenters. The first kappa shape index (κ1) is 18.2. The first-order valence-electron chi connectivity index (χ1n) is 7.92. The minimum atomic E-state index is -0.549. The topological polar surface area (TPSA) is 78.5 Å². The van der Waals surface area contributed by atoms with Crippen LogP contribution in [-0.4, -0.2) is 24.3 Å². The van der Waals surface area contributed by atoms with E-state index in [2.05, 4.69) is 10.9 Å². The highest BCUT2D eigenvalue weighted by molar-refractivity contribution is 6.31. The van der Waals surface area contributed by atoms with Crippen molar-refractivity contribution in [2.75, 3.05) is 11.4 Å². The summed E-state index contributed by atoms with van der Waals surface area (Å²) in [6.45, 7) is 0.522. The number of anilines is 1. The molecule has 26 heavy (non-hydrogen) atoms. The number of benzene rings is 2. The minimum Gasteiger partial charge on any atom is -0.312 e. The Morgan fingerprint density at radius 1 is 0.962 bits per heavy atom. The second kappa shape index (κ2) is 7.76. The SMILES string of the molecule is O=C(NNC(=O)c1ccc(Cl)cc1N1CCCC1=O)c1cccc(Cl)c1. The number of hydrogen-bond acceptors (Lipinski definition) is 3. The number of carbonyl (C=O) groups excluding carboxylic acids is 3. The summed E-state index contributed by atoms with van der Waals surface area (Å²) in [5, 5.41) is 0.829. The van der Waals surface area contributed by atoms with Gasteiger partial charge in [0, 0.05) is 28.6 Å². The number of hydrazine groups is 1. The van der Waals surface area contributed by atoms with E-state index in [9.17, 15) is 14.4 Å². The summed E-state index contributed by atoms with van der Waals surface area (Å²) in [4.78, 5) is 38.2. The smallest absolute Gasteiger partial charge is 0.271 e. The molecule has 3 amide bonds. The normalized spacial score (nSPS) is 13.6. The van der Waals surface area contributed by atoms with Crippen LogP contribution in [-0.2, 0) is 4.79 Å². The van der Waals surface area contributed by atoms with Crippen molar-refractivity contribution < 1.29 is 14.4 Å². The summed E-state index contributed by atoms with van der Waals surface area (Å²) < 4.78 is 0. The fraction of sp³-hybridized carbons (Fsp3) is 0.167. The second-order valence-electron chi connectivity index (χ2n) is 5.73. The summed E-state index contributed by atoms with van der Waals surface area (Å²) in [5.74, 6) is -1.12. The Bertz CT molecular complexity index is 886. The minimum absolute atomic E-state index is 0.0655. The van der Waals surface area contributed by atoms with Gasteiger partial charge in [-0.3, -0.25) is 25.2 Å². The third-order valence-electron chi connectivity index (χ3n) is 3.94. The molecule has 1 heterocycles. The molecule has 2 N–H and O–H groups in total. The van der Waals surface area contributed by atoms with Crippen molar-refractivity contribution in [3.63, 3.8) is 0 Å². The quantitative estimate of drug-likeness (QED) is 0.788. The van der Waals surface area contributed by atoms with Gasteiger partial charge < -0.3 is 4.90 Å². The van der Waals surface area contributed by atoms with Gasteiger partial charge in [0.05, 0.1) is 11.3 Å². The molecule has 0 radical (unpaired) electrons. The summed E-state index contributed by atoms with van der Waals surface area (Å²) in [6, 6.07) is 11.0. The summed E-state index contributed by atoms with van der Waals surface area (Å²) >= 11 is 11.9. The molecule has 1 aliphatic heterocycles. The predicted molar refractivity (Wildman–Crippen MR) is 99.4 cm³/mol. The van der Waals surface area contributed by atoms with Crippen LogP contribution in [0.1, 0.15) is 33.6 Å². The third-order valence-corrected chi connectivity index (χ3v) is 4.42. The van der Waals surface area contributed by atoms with Crippen molar-refractivity contribution in [1.29, 1.82) is 0 Å². The molecule has 2 aromatic carbocycles. The maximum absolute atomic E-state index is 12.5. The molecule has 1 saturated heterocycles. The predicted octanol–water partition coefficient (Wildman–Crippen LogP) is 3.20. The van der Waals surface area contributed by atoms with Gasteiger partial charge in [-0.05, 0) is 42.8 Å². The van der Waals surface area contributed by atoms with E-state index in [0.717, 1.165) is 6.42 Å². The summed E-state index contributed by atoms with van der Waals surface area (Å²) in [5.41, 5.74) is 5.67. The van der Waals surface area contributed by atoms with Crippen molar-refractivity contribution in [1.82, 2.24) is 10.9 Å².